The van der Waals surface area contributed by atoms with E-state index in [-0.39, 0.29) is 33.5 Å². The normalized spacial score (nSPS) is 12.5. The SMILES string of the molecule is CC(=O)C(C=Nc1ccc(Cl)c(C(=O)OC(C)C)c1Cl)C(=O)OC(C)C. The maximum absolute atomic E-state index is 12.2. The molecule has 6 nitrogen and oxygen atoms in total. The average molecular weight is 402 g/mol. The van der Waals surface area contributed by atoms with E-state index in [4.69, 9.17) is 32.7 Å². The molecule has 26 heavy (non-hydrogen) atoms. The van der Waals surface area contributed by atoms with Gasteiger partial charge in [0, 0.05) is 6.21 Å². The maximum atomic E-state index is 12.2. The molecule has 0 spiro atoms. The number of nitrogens with zero attached hydrogens (tertiary/aromatic N) is 1. The first-order valence-corrected chi connectivity index (χ1v) is 8.74. The molecule has 1 aromatic rings. The molecule has 0 radical (unpaired) electrons. The van der Waals surface area contributed by atoms with E-state index in [1.807, 2.05) is 0 Å². The predicted molar refractivity (Wildman–Crippen MR) is 101 cm³/mol. The Morgan fingerprint density at radius 3 is 2.12 bits per heavy atom. The van der Waals surface area contributed by atoms with Crippen LogP contribution in [0.1, 0.15) is 45.0 Å². The molecule has 0 fully saturated rings. The van der Waals surface area contributed by atoms with Crippen LogP contribution < -0.4 is 0 Å². The molecule has 0 aliphatic carbocycles. The van der Waals surface area contributed by atoms with E-state index < -0.39 is 23.6 Å². The molecule has 0 saturated heterocycles. The van der Waals surface area contributed by atoms with Gasteiger partial charge in [0.05, 0.1) is 33.5 Å². The topological polar surface area (TPSA) is 82.0 Å². The second-order valence-corrected chi connectivity index (χ2v) is 6.85. The van der Waals surface area contributed by atoms with Crippen molar-refractivity contribution in [2.45, 2.75) is 46.8 Å². The fraction of sp³-hybridized carbons (Fsp3) is 0.444. The zero-order valence-corrected chi connectivity index (χ0v) is 16.7. The summed E-state index contributed by atoms with van der Waals surface area (Å²) in [4.78, 5) is 39.9. The molecule has 0 bridgehead atoms. The van der Waals surface area contributed by atoms with Crippen molar-refractivity contribution in [3.8, 4) is 0 Å². The molecule has 1 unspecified atom stereocenters. The Labute approximate surface area is 162 Å². The highest BCUT2D eigenvalue weighted by Crippen LogP contribution is 2.34. The third-order valence-electron chi connectivity index (χ3n) is 3.02. The van der Waals surface area contributed by atoms with Gasteiger partial charge in [-0.1, -0.05) is 23.2 Å². The van der Waals surface area contributed by atoms with Crippen LogP contribution in [0.15, 0.2) is 17.1 Å². The number of ether oxygens (including phenoxy) is 2. The van der Waals surface area contributed by atoms with Crippen molar-refractivity contribution in [1.82, 2.24) is 0 Å². The van der Waals surface area contributed by atoms with E-state index in [1.165, 1.54) is 19.1 Å². The van der Waals surface area contributed by atoms with Crippen molar-refractivity contribution in [3.63, 3.8) is 0 Å². The van der Waals surface area contributed by atoms with E-state index in [0.29, 0.717) is 0 Å². The lowest BCUT2D eigenvalue weighted by atomic mass is 10.1. The van der Waals surface area contributed by atoms with Gasteiger partial charge >= 0.3 is 11.9 Å². The first-order chi connectivity index (χ1) is 12.0. The molecule has 0 amide bonds. The van der Waals surface area contributed by atoms with Gasteiger partial charge in [0.2, 0.25) is 0 Å². The molecule has 8 heteroatoms. The highest BCUT2D eigenvalue weighted by molar-refractivity contribution is 6.41. The molecule has 1 rings (SSSR count). The van der Waals surface area contributed by atoms with Gasteiger partial charge in [-0.2, -0.15) is 0 Å². The fourth-order valence-electron chi connectivity index (χ4n) is 1.89. The van der Waals surface area contributed by atoms with Gasteiger partial charge in [-0.05, 0) is 46.8 Å². The van der Waals surface area contributed by atoms with Gasteiger partial charge in [-0.15, -0.1) is 0 Å². The first kappa shape index (κ1) is 22.1. The summed E-state index contributed by atoms with van der Waals surface area (Å²) in [6, 6.07) is 2.91. The summed E-state index contributed by atoms with van der Waals surface area (Å²) in [5, 5.41) is 0.0841. The Balaban J connectivity index is 3.19. The van der Waals surface area contributed by atoms with Crippen LogP contribution in [0.25, 0.3) is 0 Å². The zero-order chi connectivity index (χ0) is 20.0. The smallest absolute Gasteiger partial charge is 0.341 e. The van der Waals surface area contributed by atoms with Gasteiger partial charge in [-0.25, -0.2) is 4.79 Å². The number of ketones is 1. The monoisotopic (exact) mass is 401 g/mol. The van der Waals surface area contributed by atoms with Crippen LogP contribution in [-0.4, -0.2) is 36.1 Å². The molecule has 0 saturated carbocycles. The minimum Gasteiger partial charge on any atom is -0.462 e. The van der Waals surface area contributed by atoms with Crippen molar-refractivity contribution < 1.29 is 23.9 Å². The summed E-state index contributed by atoms with van der Waals surface area (Å²) >= 11 is 12.3. The molecule has 1 atom stereocenters. The number of hydrogen-bond acceptors (Lipinski definition) is 6. The maximum Gasteiger partial charge on any atom is 0.341 e. The van der Waals surface area contributed by atoms with Crippen molar-refractivity contribution in [3.05, 3.63) is 27.7 Å². The zero-order valence-electron chi connectivity index (χ0n) is 15.2. The van der Waals surface area contributed by atoms with Gasteiger partial charge < -0.3 is 9.47 Å². The number of rotatable bonds is 7. The highest BCUT2D eigenvalue weighted by atomic mass is 35.5. The average Bonchev–Trinajstić information content (AvgIpc) is 2.47. The third kappa shape index (κ3) is 6.11. The van der Waals surface area contributed by atoms with Gasteiger partial charge in [0.1, 0.15) is 5.78 Å². The van der Waals surface area contributed by atoms with Crippen LogP contribution in [-0.2, 0) is 19.1 Å². The summed E-state index contributed by atoms with van der Waals surface area (Å²) < 4.78 is 10.1. The molecule has 0 aliphatic rings. The molecule has 0 heterocycles. The summed E-state index contributed by atoms with van der Waals surface area (Å²) in [5.41, 5.74) is 0.149. The highest BCUT2D eigenvalue weighted by Gasteiger charge is 2.25. The number of aliphatic imine (C=N–C) groups is 1. The van der Waals surface area contributed by atoms with E-state index in [1.54, 1.807) is 27.7 Å². The second kappa shape index (κ2) is 9.69. The number of esters is 2. The third-order valence-corrected chi connectivity index (χ3v) is 3.72. The molecule has 1 aromatic carbocycles. The standard InChI is InChI=1S/C18H21Cl2NO5/c1-9(2)25-17(23)12(11(5)22)8-21-14-7-6-13(19)15(16(14)20)18(24)26-10(3)4/h6-10,12H,1-5H3. The van der Waals surface area contributed by atoms with Gasteiger partial charge in [0.15, 0.2) is 5.92 Å². The summed E-state index contributed by atoms with van der Waals surface area (Å²) in [5.74, 6) is -2.99. The Kier molecular flexibility index (Phi) is 8.24. The van der Waals surface area contributed by atoms with Crippen molar-refractivity contribution in [2.75, 3.05) is 0 Å². The molecule has 0 aliphatic heterocycles. The molecular weight excluding hydrogens is 381 g/mol. The lowest BCUT2D eigenvalue weighted by molar-refractivity contribution is -0.151. The summed E-state index contributed by atoms with van der Waals surface area (Å²) in [6.45, 7) is 8.00. The number of benzene rings is 1. The number of hydrogen-bond donors (Lipinski definition) is 0. The van der Waals surface area contributed by atoms with Crippen LogP contribution in [0.5, 0.6) is 0 Å². The molecule has 0 aromatic heterocycles. The number of halogens is 2. The summed E-state index contributed by atoms with van der Waals surface area (Å²) in [6.07, 6.45) is 0.420. The van der Waals surface area contributed by atoms with Gasteiger partial charge in [0.25, 0.3) is 0 Å². The second-order valence-electron chi connectivity index (χ2n) is 6.06. The number of carbonyl (C=O) groups excluding carboxylic acids is 3. The van der Waals surface area contributed by atoms with E-state index >= 15 is 0 Å². The van der Waals surface area contributed by atoms with Gasteiger partial charge in [-0.3, -0.25) is 14.6 Å². The minimum atomic E-state index is -1.17. The van der Waals surface area contributed by atoms with Crippen molar-refractivity contribution >= 4 is 52.8 Å². The molecular formula is C18H21Cl2NO5. The quantitative estimate of drug-likeness (QED) is 0.383. The lowest BCUT2D eigenvalue weighted by Gasteiger charge is -2.13. The summed E-state index contributed by atoms with van der Waals surface area (Å²) in [7, 11) is 0. The minimum absolute atomic E-state index is 0.0270. The fourth-order valence-corrected chi connectivity index (χ4v) is 2.47. The first-order valence-electron chi connectivity index (χ1n) is 7.98. The van der Waals surface area contributed by atoms with Crippen molar-refractivity contribution in [2.24, 2.45) is 10.9 Å². The van der Waals surface area contributed by atoms with Crippen LogP contribution in [0, 0.1) is 5.92 Å². The number of carbonyl (C=O) groups is 3. The van der Waals surface area contributed by atoms with E-state index in [9.17, 15) is 14.4 Å². The molecule has 142 valence electrons. The van der Waals surface area contributed by atoms with Crippen LogP contribution in [0.2, 0.25) is 10.0 Å². The largest absolute Gasteiger partial charge is 0.462 e. The van der Waals surface area contributed by atoms with Crippen molar-refractivity contribution in [1.29, 1.82) is 0 Å². The Bertz CT molecular complexity index is 729. The van der Waals surface area contributed by atoms with Crippen LogP contribution in [0.3, 0.4) is 0 Å². The number of Topliss-reactive ketones (excluding diaryl/α,β-unsaturated/α-hetero) is 1. The van der Waals surface area contributed by atoms with Crippen LogP contribution in [0.4, 0.5) is 5.69 Å². The van der Waals surface area contributed by atoms with E-state index in [0.717, 1.165) is 6.21 Å². The van der Waals surface area contributed by atoms with E-state index in [2.05, 4.69) is 4.99 Å². The molecule has 0 N–H and O–H groups in total. The Hall–Kier alpha value is -1.92. The Morgan fingerprint density at radius 2 is 1.62 bits per heavy atom. The predicted octanol–water partition coefficient (Wildman–Crippen LogP) is 4.42. The lowest BCUT2D eigenvalue weighted by Crippen LogP contribution is -2.27. The van der Waals surface area contributed by atoms with Crippen LogP contribution >= 0.6 is 23.2 Å². The Morgan fingerprint density at radius 1 is 1.04 bits per heavy atom.